The number of hydrogen-bond acceptors (Lipinski definition) is 2. The number of halogens is 1. The lowest BCUT2D eigenvalue weighted by atomic mass is 10.2. The molecule has 0 fully saturated rings. The monoisotopic (exact) mass is 231 g/mol. The fraction of sp³-hybridized carbons (Fsp3) is 0.625. The van der Waals surface area contributed by atoms with Crippen molar-refractivity contribution in [3.05, 3.63) is 16.4 Å². The van der Waals surface area contributed by atoms with Gasteiger partial charge in [-0.2, -0.15) is 5.10 Å². The molecule has 3 nitrogen and oxygen atoms in total. The van der Waals surface area contributed by atoms with Crippen LogP contribution in [0.25, 0.3) is 0 Å². The SMILES string of the molecule is CC(C)n1ncc(CCN)c1Br. The Morgan fingerprint density at radius 2 is 2.33 bits per heavy atom. The molecular formula is C8H14BrN3. The molecule has 0 aliphatic heterocycles. The Morgan fingerprint density at radius 1 is 1.67 bits per heavy atom. The first-order valence-electron chi connectivity index (χ1n) is 4.08. The largest absolute Gasteiger partial charge is 0.330 e. The minimum absolute atomic E-state index is 0.394. The number of rotatable bonds is 3. The molecule has 0 saturated carbocycles. The standard InChI is InChI=1S/C8H14BrN3/c1-6(2)12-8(9)7(3-4-10)5-11-12/h5-6H,3-4,10H2,1-2H3. The van der Waals surface area contributed by atoms with Gasteiger partial charge in [0, 0.05) is 11.6 Å². The maximum absolute atomic E-state index is 5.46. The molecule has 1 rings (SSSR count). The average molecular weight is 232 g/mol. The van der Waals surface area contributed by atoms with Crippen LogP contribution in [0.5, 0.6) is 0 Å². The van der Waals surface area contributed by atoms with Crippen molar-refractivity contribution < 1.29 is 0 Å². The van der Waals surface area contributed by atoms with Gasteiger partial charge in [0.1, 0.15) is 4.60 Å². The van der Waals surface area contributed by atoms with Gasteiger partial charge in [-0.3, -0.25) is 4.68 Å². The van der Waals surface area contributed by atoms with E-state index < -0.39 is 0 Å². The summed E-state index contributed by atoms with van der Waals surface area (Å²) < 4.78 is 3.01. The summed E-state index contributed by atoms with van der Waals surface area (Å²) in [6, 6.07) is 0.394. The second-order valence-corrected chi connectivity index (χ2v) is 3.79. The van der Waals surface area contributed by atoms with Crippen LogP contribution in [0.4, 0.5) is 0 Å². The van der Waals surface area contributed by atoms with Crippen LogP contribution in [0.1, 0.15) is 25.5 Å². The van der Waals surface area contributed by atoms with Crippen LogP contribution >= 0.6 is 15.9 Å². The summed E-state index contributed by atoms with van der Waals surface area (Å²) >= 11 is 3.50. The van der Waals surface area contributed by atoms with Crippen molar-refractivity contribution >= 4 is 15.9 Å². The maximum Gasteiger partial charge on any atom is 0.107 e. The summed E-state index contributed by atoms with van der Waals surface area (Å²) in [6.07, 6.45) is 2.75. The van der Waals surface area contributed by atoms with Gasteiger partial charge >= 0.3 is 0 Å². The van der Waals surface area contributed by atoms with E-state index in [2.05, 4.69) is 34.9 Å². The Bertz CT molecular complexity index is 255. The summed E-state index contributed by atoms with van der Waals surface area (Å²) in [5, 5.41) is 4.25. The molecule has 0 saturated heterocycles. The summed E-state index contributed by atoms with van der Waals surface area (Å²) in [7, 11) is 0. The molecule has 2 N–H and O–H groups in total. The van der Waals surface area contributed by atoms with E-state index >= 15 is 0 Å². The van der Waals surface area contributed by atoms with Crippen molar-refractivity contribution in [2.24, 2.45) is 5.73 Å². The summed E-state index contributed by atoms with van der Waals surface area (Å²) in [6.45, 7) is 4.87. The first kappa shape index (κ1) is 9.74. The van der Waals surface area contributed by atoms with Crippen LogP contribution < -0.4 is 5.73 Å². The Balaban J connectivity index is 2.88. The zero-order valence-electron chi connectivity index (χ0n) is 7.42. The highest BCUT2D eigenvalue weighted by Crippen LogP contribution is 2.20. The molecule has 4 heteroatoms. The third-order valence-corrected chi connectivity index (χ3v) is 2.58. The molecule has 0 bridgehead atoms. The lowest BCUT2D eigenvalue weighted by molar-refractivity contribution is 0.521. The van der Waals surface area contributed by atoms with Gasteiger partial charge in [-0.15, -0.1) is 0 Å². The maximum atomic E-state index is 5.46. The molecule has 0 amide bonds. The third kappa shape index (κ3) is 1.87. The summed E-state index contributed by atoms with van der Waals surface area (Å²) in [5.41, 5.74) is 6.64. The molecule has 68 valence electrons. The molecule has 0 unspecified atom stereocenters. The molecular weight excluding hydrogens is 218 g/mol. The van der Waals surface area contributed by atoms with Crippen molar-refractivity contribution in [1.29, 1.82) is 0 Å². The minimum atomic E-state index is 0.394. The molecule has 0 radical (unpaired) electrons. The smallest absolute Gasteiger partial charge is 0.107 e. The molecule has 12 heavy (non-hydrogen) atoms. The van der Waals surface area contributed by atoms with E-state index in [0.29, 0.717) is 12.6 Å². The Kier molecular flexibility index (Phi) is 3.29. The van der Waals surface area contributed by atoms with Gasteiger partial charge in [0.2, 0.25) is 0 Å². The number of hydrogen-bond donors (Lipinski definition) is 1. The minimum Gasteiger partial charge on any atom is -0.330 e. The van der Waals surface area contributed by atoms with Crippen molar-refractivity contribution in [3.8, 4) is 0 Å². The normalized spacial score (nSPS) is 11.1. The van der Waals surface area contributed by atoms with E-state index in [9.17, 15) is 0 Å². The Hall–Kier alpha value is -0.350. The van der Waals surface area contributed by atoms with E-state index in [1.807, 2.05) is 10.9 Å². The zero-order valence-corrected chi connectivity index (χ0v) is 9.00. The second-order valence-electron chi connectivity index (χ2n) is 3.04. The first-order valence-corrected chi connectivity index (χ1v) is 4.88. The van der Waals surface area contributed by atoms with Gasteiger partial charge < -0.3 is 5.73 Å². The predicted octanol–water partition coefficient (Wildman–Crippen LogP) is 1.73. The summed E-state index contributed by atoms with van der Waals surface area (Å²) in [5.74, 6) is 0. The van der Waals surface area contributed by atoms with Gasteiger partial charge in [0.25, 0.3) is 0 Å². The van der Waals surface area contributed by atoms with E-state index in [1.54, 1.807) is 0 Å². The van der Waals surface area contributed by atoms with Gasteiger partial charge in [0.05, 0.1) is 6.20 Å². The van der Waals surface area contributed by atoms with Gasteiger partial charge in [-0.05, 0) is 42.7 Å². The van der Waals surface area contributed by atoms with Crippen molar-refractivity contribution in [3.63, 3.8) is 0 Å². The van der Waals surface area contributed by atoms with E-state index in [-0.39, 0.29) is 0 Å². The Morgan fingerprint density at radius 3 is 2.75 bits per heavy atom. The average Bonchev–Trinajstić information content (AvgIpc) is 2.34. The quantitative estimate of drug-likeness (QED) is 0.862. The highest BCUT2D eigenvalue weighted by atomic mass is 79.9. The zero-order chi connectivity index (χ0) is 9.14. The molecule has 1 aromatic heterocycles. The number of nitrogens with zero attached hydrogens (tertiary/aromatic N) is 2. The van der Waals surface area contributed by atoms with Gasteiger partial charge in [-0.25, -0.2) is 0 Å². The van der Waals surface area contributed by atoms with Crippen LogP contribution in [-0.4, -0.2) is 16.3 Å². The molecule has 0 aliphatic rings. The second kappa shape index (κ2) is 4.05. The van der Waals surface area contributed by atoms with Crippen LogP contribution in [0, 0.1) is 0 Å². The molecule has 0 atom stereocenters. The van der Waals surface area contributed by atoms with Crippen LogP contribution in [0.3, 0.4) is 0 Å². The van der Waals surface area contributed by atoms with E-state index in [4.69, 9.17) is 5.73 Å². The third-order valence-electron chi connectivity index (χ3n) is 1.71. The molecule has 0 spiro atoms. The fourth-order valence-corrected chi connectivity index (χ4v) is 1.87. The van der Waals surface area contributed by atoms with Crippen LogP contribution in [0.15, 0.2) is 10.8 Å². The van der Waals surface area contributed by atoms with Gasteiger partial charge in [0.15, 0.2) is 0 Å². The van der Waals surface area contributed by atoms with E-state index in [1.165, 1.54) is 5.56 Å². The lowest BCUT2D eigenvalue weighted by Crippen LogP contribution is -2.05. The van der Waals surface area contributed by atoms with Crippen molar-refractivity contribution in [1.82, 2.24) is 9.78 Å². The first-order chi connectivity index (χ1) is 5.66. The number of aromatic nitrogens is 2. The molecule has 1 aromatic rings. The van der Waals surface area contributed by atoms with E-state index in [0.717, 1.165) is 11.0 Å². The molecule has 0 aliphatic carbocycles. The van der Waals surface area contributed by atoms with Gasteiger partial charge in [-0.1, -0.05) is 0 Å². The summed E-state index contributed by atoms with van der Waals surface area (Å²) in [4.78, 5) is 0. The molecule has 1 heterocycles. The fourth-order valence-electron chi connectivity index (χ4n) is 1.07. The lowest BCUT2D eigenvalue weighted by Gasteiger charge is -2.06. The topological polar surface area (TPSA) is 43.8 Å². The number of nitrogens with two attached hydrogens (primary N) is 1. The highest BCUT2D eigenvalue weighted by Gasteiger charge is 2.08. The predicted molar refractivity (Wildman–Crippen MR) is 53.1 cm³/mol. The van der Waals surface area contributed by atoms with Crippen LogP contribution in [0.2, 0.25) is 0 Å². The van der Waals surface area contributed by atoms with Crippen molar-refractivity contribution in [2.45, 2.75) is 26.3 Å². The Labute approximate surface area is 81.1 Å². The highest BCUT2D eigenvalue weighted by molar-refractivity contribution is 9.10. The molecule has 0 aromatic carbocycles. The van der Waals surface area contributed by atoms with Crippen LogP contribution in [-0.2, 0) is 6.42 Å². The van der Waals surface area contributed by atoms with Crippen molar-refractivity contribution in [2.75, 3.05) is 6.54 Å².